The van der Waals surface area contributed by atoms with E-state index in [1.807, 2.05) is 116 Å². The van der Waals surface area contributed by atoms with Crippen molar-refractivity contribution < 1.29 is 23.8 Å². The van der Waals surface area contributed by atoms with Crippen molar-refractivity contribution in [3.05, 3.63) is 132 Å². The van der Waals surface area contributed by atoms with Gasteiger partial charge < -0.3 is 19.0 Å². The molecule has 0 bridgehead atoms. The summed E-state index contributed by atoms with van der Waals surface area (Å²) in [6.07, 6.45) is 1.36. The first-order valence-corrected chi connectivity index (χ1v) is 14.6. The molecule has 1 aromatic heterocycles. The molecule has 1 fully saturated rings. The van der Waals surface area contributed by atoms with Gasteiger partial charge in [0.15, 0.2) is 5.69 Å². The molecule has 44 heavy (non-hydrogen) atoms. The summed E-state index contributed by atoms with van der Waals surface area (Å²) in [6.45, 7) is 2.57. The van der Waals surface area contributed by atoms with Crippen LogP contribution in [0.2, 0.25) is 0 Å². The summed E-state index contributed by atoms with van der Waals surface area (Å²) in [5.74, 6) is 8.67. The van der Waals surface area contributed by atoms with Crippen LogP contribution in [0.3, 0.4) is 0 Å². The number of carboxylic acid groups (broad SMARTS) is 1. The van der Waals surface area contributed by atoms with Crippen LogP contribution in [0.1, 0.15) is 41.5 Å². The number of ether oxygens (including phenoxy) is 2. The maximum Gasteiger partial charge on any atom is 0.320 e. The lowest BCUT2D eigenvalue weighted by Crippen LogP contribution is -2.36. The average molecular weight is 585 g/mol. The number of carboxylic acids is 1. The second-order valence-electron chi connectivity index (χ2n) is 10.6. The lowest BCUT2D eigenvalue weighted by molar-refractivity contribution is -0.142. The van der Waals surface area contributed by atoms with Crippen LogP contribution in [0.4, 0.5) is 0 Å². The van der Waals surface area contributed by atoms with Crippen molar-refractivity contribution in [2.75, 3.05) is 6.61 Å². The number of hydrogen-bond acceptors (Lipinski definition) is 6. The molecule has 1 aliphatic rings. The molecule has 0 spiro atoms. The summed E-state index contributed by atoms with van der Waals surface area (Å²) < 4.78 is 17.5. The standard InChI is InChI=1S/C37H32N2O5/c1-26-33(38-36(43-26)29-9-4-2-5-10-29)13-8-24-42-30-20-16-28(17-21-30)34-22-23-35(37(40)41)39(34)25-27-14-18-32(19-15-27)44-31-11-6-3-7-12-31/h2-7,9-12,14-21,34-35H,22-25H2,1H3,(H,40,41)/t34-,35-/m0/s1. The van der Waals surface area contributed by atoms with Crippen LogP contribution in [0.25, 0.3) is 11.5 Å². The maximum atomic E-state index is 12.1. The summed E-state index contributed by atoms with van der Waals surface area (Å²) in [4.78, 5) is 18.7. The van der Waals surface area contributed by atoms with Crippen LogP contribution in [-0.4, -0.2) is 33.6 Å². The molecule has 0 unspecified atom stereocenters. The molecule has 1 aliphatic heterocycles. The van der Waals surface area contributed by atoms with Crippen molar-refractivity contribution in [1.82, 2.24) is 9.88 Å². The van der Waals surface area contributed by atoms with Crippen LogP contribution in [-0.2, 0) is 11.3 Å². The predicted molar refractivity (Wildman–Crippen MR) is 167 cm³/mol. The number of oxazole rings is 1. The zero-order chi connectivity index (χ0) is 30.3. The predicted octanol–water partition coefficient (Wildman–Crippen LogP) is 7.66. The highest BCUT2D eigenvalue weighted by molar-refractivity contribution is 5.74. The summed E-state index contributed by atoms with van der Waals surface area (Å²) >= 11 is 0. The van der Waals surface area contributed by atoms with Gasteiger partial charge in [-0.05, 0) is 85.3 Å². The Bertz CT molecular complexity index is 1750. The van der Waals surface area contributed by atoms with Crippen molar-refractivity contribution in [1.29, 1.82) is 0 Å². The maximum absolute atomic E-state index is 12.1. The Balaban J connectivity index is 1.08. The molecule has 0 aliphatic carbocycles. The second-order valence-corrected chi connectivity index (χ2v) is 10.6. The van der Waals surface area contributed by atoms with E-state index in [2.05, 4.69) is 21.7 Å². The monoisotopic (exact) mass is 584 g/mol. The molecule has 5 aromatic rings. The van der Waals surface area contributed by atoms with E-state index in [0.717, 1.165) is 34.6 Å². The van der Waals surface area contributed by atoms with Gasteiger partial charge in [0.1, 0.15) is 35.7 Å². The molecule has 0 radical (unpaired) electrons. The minimum atomic E-state index is -0.798. The number of aryl methyl sites for hydroxylation is 1. The zero-order valence-corrected chi connectivity index (χ0v) is 24.4. The van der Waals surface area contributed by atoms with Gasteiger partial charge in [-0.25, -0.2) is 4.98 Å². The molecule has 7 heteroatoms. The highest BCUT2D eigenvalue weighted by Crippen LogP contribution is 2.38. The van der Waals surface area contributed by atoms with Gasteiger partial charge in [-0.1, -0.05) is 66.6 Å². The summed E-state index contributed by atoms with van der Waals surface area (Å²) in [6, 6.07) is 34.4. The topological polar surface area (TPSA) is 85.0 Å². The van der Waals surface area contributed by atoms with E-state index in [1.54, 1.807) is 0 Å². The quantitative estimate of drug-likeness (QED) is 0.178. The second kappa shape index (κ2) is 13.3. The molecule has 6 rings (SSSR count). The Morgan fingerprint density at radius 2 is 1.55 bits per heavy atom. The highest BCUT2D eigenvalue weighted by Gasteiger charge is 2.38. The van der Waals surface area contributed by atoms with E-state index in [-0.39, 0.29) is 12.6 Å². The minimum absolute atomic E-state index is 0.0147. The summed E-state index contributed by atoms with van der Waals surface area (Å²) in [7, 11) is 0. The Labute approximate surface area is 256 Å². The number of carbonyl (C=O) groups is 1. The third-order valence-electron chi connectivity index (χ3n) is 7.67. The SMILES string of the molecule is Cc1oc(-c2ccccc2)nc1C#CCOc1ccc([C@@H]2CC[C@@H](C(=O)O)N2Cc2ccc(Oc3ccccc3)cc2)cc1. The summed E-state index contributed by atoms with van der Waals surface area (Å²) in [5.41, 5.74) is 3.58. The molecule has 1 N–H and O–H groups in total. The number of para-hydroxylation sites is 1. The molecule has 4 aromatic carbocycles. The van der Waals surface area contributed by atoms with Crippen LogP contribution >= 0.6 is 0 Å². The summed E-state index contributed by atoms with van der Waals surface area (Å²) in [5, 5.41) is 9.95. The lowest BCUT2D eigenvalue weighted by Gasteiger charge is -2.28. The molecule has 0 saturated carbocycles. The van der Waals surface area contributed by atoms with Crippen molar-refractivity contribution in [2.24, 2.45) is 0 Å². The van der Waals surface area contributed by atoms with Crippen molar-refractivity contribution in [3.8, 4) is 40.5 Å². The van der Waals surface area contributed by atoms with E-state index < -0.39 is 12.0 Å². The van der Waals surface area contributed by atoms with Gasteiger partial charge in [-0.2, -0.15) is 0 Å². The van der Waals surface area contributed by atoms with Gasteiger partial charge in [0.25, 0.3) is 0 Å². The van der Waals surface area contributed by atoms with Gasteiger partial charge in [0, 0.05) is 18.2 Å². The Kier molecular flexibility index (Phi) is 8.72. The van der Waals surface area contributed by atoms with Crippen LogP contribution in [0, 0.1) is 18.8 Å². The van der Waals surface area contributed by atoms with E-state index in [1.165, 1.54) is 0 Å². The number of nitrogens with zero attached hydrogens (tertiary/aromatic N) is 2. The number of rotatable bonds is 9. The molecule has 2 atom stereocenters. The fourth-order valence-electron chi connectivity index (χ4n) is 5.45. The smallest absolute Gasteiger partial charge is 0.320 e. The van der Waals surface area contributed by atoms with Gasteiger partial charge in [0.2, 0.25) is 5.89 Å². The molecular weight excluding hydrogens is 552 g/mol. The molecule has 1 saturated heterocycles. The molecule has 2 heterocycles. The Morgan fingerprint density at radius 3 is 2.25 bits per heavy atom. The first kappa shape index (κ1) is 28.8. The van der Waals surface area contributed by atoms with Crippen molar-refractivity contribution in [3.63, 3.8) is 0 Å². The third kappa shape index (κ3) is 6.83. The first-order valence-electron chi connectivity index (χ1n) is 14.6. The average Bonchev–Trinajstić information content (AvgIpc) is 3.65. The van der Waals surface area contributed by atoms with E-state index in [9.17, 15) is 9.90 Å². The van der Waals surface area contributed by atoms with Crippen LogP contribution < -0.4 is 9.47 Å². The number of aliphatic carboxylic acids is 1. The van der Waals surface area contributed by atoms with Gasteiger partial charge >= 0.3 is 5.97 Å². The first-order chi connectivity index (χ1) is 21.5. The fraction of sp³-hybridized carbons (Fsp3) is 0.189. The zero-order valence-electron chi connectivity index (χ0n) is 24.4. The number of aromatic nitrogens is 1. The number of hydrogen-bond donors (Lipinski definition) is 1. The number of benzene rings is 4. The molecule has 0 amide bonds. The third-order valence-corrected chi connectivity index (χ3v) is 7.67. The van der Waals surface area contributed by atoms with Gasteiger partial charge in [-0.15, -0.1) is 0 Å². The van der Waals surface area contributed by atoms with E-state index in [4.69, 9.17) is 13.9 Å². The Hall–Kier alpha value is -5.32. The van der Waals surface area contributed by atoms with Crippen molar-refractivity contribution >= 4 is 5.97 Å². The van der Waals surface area contributed by atoms with E-state index in [0.29, 0.717) is 36.1 Å². The highest BCUT2D eigenvalue weighted by atomic mass is 16.5. The fourth-order valence-corrected chi connectivity index (χ4v) is 5.45. The lowest BCUT2D eigenvalue weighted by atomic mass is 10.0. The van der Waals surface area contributed by atoms with Gasteiger partial charge in [-0.3, -0.25) is 9.69 Å². The molecular formula is C37H32N2O5. The largest absolute Gasteiger partial charge is 0.481 e. The van der Waals surface area contributed by atoms with Crippen LogP contribution in [0.15, 0.2) is 114 Å². The van der Waals surface area contributed by atoms with Crippen molar-refractivity contribution in [2.45, 2.75) is 38.4 Å². The molecule has 7 nitrogen and oxygen atoms in total. The minimum Gasteiger partial charge on any atom is -0.481 e. The Morgan fingerprint density at radius 1 is 0.886 bits per heavy atom. The van der Waals surface area contributed by atoms with E-state index >= 15 is 0 Å². The number of likely N-dealkylation sites (tertiary alicyclic amines) is 1. The normalized spacial score (nSPS) is 16.2. The molecule has 220 valence electrons. The van der Waals surface area contributed by atoms with Gasteiger partial charge in [0.05, 0.1) is 0 Å². The van der Waals surface area contributed by atoms with Crippen LogP contribution in [0.5, 0.6) is 17.2 Å².